The standard InChI is InChI=1S/C13H11O3P/c14-17(15)10-11-6-4-5-9-13(11)16-12-7-2-1-3-8-12/h1-9H,10H2/p+1. The number of hydrogen-bond donors (Lipinski definition) is 1. The SMILES string of the molecule is O=[P+](O)Cc1ccccc1Oc1ccccc1. The van der Waals surface area contributed by atoms with Crippen LogP contribution in [0.4, 0.5) is 0 Å². The molecule has 0 bridgehead atoms. The van der Waals surface area contributed by atoms with Crippen molar-refractivity contribution in [1.29, 1.82) is 0 Å². The Bertz CT molecular complexity index is 511. The van der Waals surface area contributed by atoms with E-state index in [-0.39, 0.29) is 6.16 Å². The minimum Gasteiger partial charge on any atom is -0.457 e. The van der Waals surface area contributed by atoms with Crippen molar-refractivity contribution in [3.8, 4) is 11.5 Å². The molecular formula is C13H12O3P+. The fourth-order valence-electron chi connectivity index (χ4n) is 1.50. The zero-order valence-corrected chi connectivity index (χ0v) is 10.0. The predicted molar refractivity (Wildman–Crippen MR) is 66.5 cm³/mol. The van der Waals surface area contributed by atoms with Gasteiger partial charge in [0, 0.05) is 5.56 Å². The maximum Gasteiger partial charge on any atom is 0.510 e. The molecule has 1 unspecified atom stereocenters. The van der Waals surface area contributed by atoms with Crippen molar-refractivity contribution in [2.24, 2.45) is 0 Å². The van der Waals surface area contributed by atoms with E-state index in [0.29, 0.717) is 11.5 Å². The highest BCUT2D eigenvalue weighted by Gasteiger charge is 2.16. The van der Waals surface area contributed by atoms with Gasteiger partial charge in [0.25, 0.3) is 0 Å². The molecule has 0 saturated heterocycles. The summed E-state index contributed by atoms with van der Waals surface area (Å²) in [4.78, 5) is 8.95. The number of para-hydroxylation sites is 2. The van der Waals surface area contributed by atoms with Gasteiger partial charge < -0.3 is 4.74 Å². The largest absolute Gasteiger partial charge is 0.510 e. The highest BCUT2D eigenvalue weighted by atomic mass is 31.1. The van der Waals surface area contributed by atoms with Crippen LogP contribution in [0.5, 0.6) is 11.5 Å². The first-order valence-corrected chi connectivity index (χ1v) is 6.60. The lowest BCUT2D eigenvalue weighted by molar-refractivity contribution is 0.474. The lowest BCUT2D eigenvalue weighted by atomic mass is 10.2. The van der Waals surface area contributed by atoms with Gasteiger partial charge in [-0.1, -0.05) is 36.4 Å². The summed E-state index contributed by atoms with van der Waals surface area (Å²) in [6, 6.07) is 16.6. The molecule has 2 aromatic carbocycles. The summed E-state index contributed by atoms with van der Waals surface area (Å²) in [5.74, 6) is 1.34. The Labute approximate surface area is 101 Å². The van der Waals surface area contributed by atoms with Crippen molar-refractivity contribution in [2.45, 2.75) is 6.16 Å². The molecule has 0 aliphatic carbocycles. The van der Waals surface area contributed by atoms with Crippen LogP contribution in [0.3, 0.4) is 0 Å². The maximum absolute atomic E-state index is 10.9. The highest BCUT2D eigenvalue weighted by Crippen LogP contribution is 2.31. The highest BCUT2D eigenvalue weighted by molar-refractivity contribution is 7.37. The molecule has 0 aromatic heterocycles. The van der Waals surface area contributed by atoms with Crippen LogP contribution in [-0.4, -0.2) is 4.89 Å². The Hall–Kier alpha value is -1.70. The second-order valence-corrected chi connectivity index (χ2v) is 4.55. The van der Waals surface area contributed by atoms with E-state index >= 15 is 0 Å². The van der Waals surface area contributed by atoms with Crippen LogP contribution in [0.1, 0.15) is 5.56 Å². The van der Waals surface area contributed by atoms with Crippen molar-refractivity contribution in [3.05, 3.63) is 60.2 Å². The second-order valence-electron chi connectivity index (χ2n) is 3.53. The predicted octanol–water partition coefficient (Wildman–Crippen LogP) is 3.71. The van der Waals surface area contributed by atoms with E-state index in [1.54, 1.807) is 12.1 Å². The number of ether oxygens (including phenoxy) is 1. The fraction of sp³-hybridized carbons (Fsp3) is 0.0769. The summed E-state index contributed by atoms with van der Waals surface area (Å²) < 4.78 is 16.5. The molecule has 2 rings (SSSR count). The van der Waals surface area contributed by atoms with Crippen LogP contribution in [0.25, 0.3) is 0 Å². The quantitative estimate of drug-likeness (QED) is 0.837. The fourth-order valence-corrected chi connectivity index (χ4v) is 2.05. The molecule has 0 saturated carbocycles. The molecule has 1 N–H and O–H groups in total. The summed E-state index contributed by atoms with van der Waals surface area (Å²) in [6.45, 7) is 0. The minimum atomic E-state index is -2.20. The lowest BCUT2D eigenvalue weighted by Crippen LogP contribution is -1.89. The van der Waals surface area contributed by atoms with Gasteiger partial charge in [0.15, 0.2) is 0 Å². The van der Waals surface area contributed by atoms with Crippen molar-refractivity contribution in [1.82, 2.24) is 0 Å². The van der Waals surface area contributed by atoms with E-state index in [0.717, 1.165) is 5.56 Å². The van der Waals surface area contributed by atoms with Gasteiger partial charge in [-0.05, 0) is 22.8 Å². The van der Waals surface area contributed by atoms with Gasteiger partial charge in [-0.25, -0.2) is 0 Å². The molecule has 2 aromatic rings. The number of benzene rings is 2. The van der Waals surface area contributed by atoms with E-state index in [9.17, 15) is 4.57 Å². The zero-order chi connectivity index (χ0) is 12.1. The molecule has 4 heteroatoms. The van der Waals surface area contributed by atoms with Crippen LogP contribution in [-0.2, 0) is 10.7 Å². The van der Waals surface area contributed by atoms with Crippen molar-refractivity contribution in [3.63, 3.8) is 0 Å². The zero-order valence-electron chi connectivity index (χ0n) is 9.11. The molecule has 0 aliphatic heterocycles. The third kappa shape index (κ3) is 3.38. The van der Waals surface area contributed by atoms with Gasteiger partial charge in [0.05, 0.1) is 0 Å². The van der Waals surface area contributed by atoms with E-state index in [2.05, 4.69) is 0 Å². The summed E-state index contributed by atoms with van der Waals surface area (Å²) in [5, 5.41) is 0. The minimum absolute atomic E-state index is 0.109. The van der Waals surface area contributed by atoms with E-state index < -0.39 is 8.03 Å². The second kappa shape index (κ2) is 5.58. The van der Waals surface area contributed by atoms with Crippen LogP contribution in [0.15, 0.2) is 54.6 Å². The first-order chi connectivity index (χ1) is 8.25. The molecule has 0 fully saturated rings. The van der Waals surface area contributed by atoms with Crippen LogP contribution in [0.2, 0.25) is 0 Å². The Balaban J connectivity index is 2.23. The summed E-state index contributed by atoms with van der Waals surface area (Å²) >= 11 is 0. The average molecular weight is 247 g/mol. The van der Waals surface area contributed by atoms with Crippen molar-refractivity contribution in [2.75, 3.05) is 0 Å². The molecule has 0 amide bonds. The Morgan fingerprint density at radius 2 is 1.65 bits per heavy atom. The van der Waals surface area contributed by atoms with Gasteiger partial charge in [-0.15, -0.1) is 0 Å². The third-order valence-electron chi connectivity index (χ3n) is 2.25. The molecule has 86 valence electrons. The van der Waals surface area contributed by atoms with E-state index in [4.69, 9.17) is 9.63 Å². The van der Waals surface area contributed by atoms with Crippen LogP contribution >= 0.6 is 8.03 Å². The normalized spacial score (nSPS) is 11.0. The third-order valence-corrected chi connectivity index (χ3v) is 2.86. The summed E-state index contributed by atoms with van der Waals surface area (Å²) in [5.41, 5.74) is 0.736. The molecule has 0 radical (unpaired) electrons. The Morgan fingerprint density at radius 3 is 2.35 bits per heavy atom. The number of hydrogen-bond acceptors (Lipinski definition) is 2. The Kier molecular flexibility index (Phi) is 3.86. The Morgan fingerprint density at radius 1 is 1.00 bits per heavy atom. The smallest absolute Gasteiger partial charge is 0.457 e. The van der Waals surface area contributed by atoms with Gasteiger partial charge in [0.1, 0.15) is 11.5 Å². The van der Waals surface area contributed by atoms with Gasteiger partial charge in [-0.3, -0.25) is 0 Å². The molecule has 3 nitrogen and oxygen atoms in total. The number of rotatable bonds is 4. The van der Waals surface area contributed by atoms with Crippen LogP contribution in [0, 0.1) is 0 Å². The molecule has 0 heterocycles. The molecule has 17 heavy (non-hydrogen) atoms. The van der Waals surface area contributed by atoms with E-state index in [1.807, 2.05) is 42.5 Å². The molecule has 0 aliphatic rings. The monoisotopic (exact) mass is 247 g/mol. The van der Waals surface area contributed by atoms with Gasteiger partial charge in [-0.2, -0.15) is 4.89 Å². The van der Waals surface area contributed by atoms with Crippen LogP contribution < -0.4 is 4.74 Å². The molecule has 1 atom stereocenters. The first-order valence-electron chi connectivity index (χ1n) is 5.20. The van der Waals surface area contributed by atoms with Gasteiger partial charge in [0.2, 0.25) is 6.16 Å². The van der Waals surface area contributed by atoms with Crippen molar-refractivity contribution < 1.29 is 14.2 Å². The lowest BCUT2D eigenvalue weighted by Gasteiger charge is -2.07. The van der Waals surface area contributed by atoms with E-state index in [1.165, 1.54) is 0 Å². The molecular weight excluding hydrogens is 235 g/mol. The topological polar surface area (TPSA) is 46.5 Å². The average Bonchev–Trinajstić information content (AvgIpc) is 2.32. The molecule has 0 spiro atoms. The summed E-state index contributed by atoms with van der Waals surface area (Å²) in [7, 11) is -2.20. The first kappa shape index (κ1) is 11.8. The summed E-state index contributed by atoms with van der Waals surface area (Å²) in [6.07, 6.45) is 0.109. The van der Waals surface area contributed by atoms with Crippen molar-refractivity contribution >= 4 is 8.03 Å². The maximum atomic E-state index is 10.9. The van der Waals surface area contributed by atoms with Gasteiger partial charge >= 0.3 is 8.03 Å².